The summed E-state index contributed by atoms with van der Waals surface area (Å²) in [7, 11) is 3.51. The average Bonchev–Trinajstić information content (AvgIpc) is 3.52. The Morgan fingerprint density at radius 1 is 1.09 bits per heavy atom. The highest BCUT2D eigenvalue weighted by Gasteiger charge is 2.47. The summed E-state index contributed by atoms with van der Waals surface area (Å²) in [4.78, 5) is 32.5. The van der Waals surface area contributed by atoms with E-state index in [2.05, 4.69) is 25.4 Å². The van der Waals surface area contributed by atoms with Crippen molar-refractivity contribution in [3.05, 3.63) is 53.9 Å². The molecule has 1 saturated heterocycles. The molecule has 0 bridgehead atoms. The number of anilines is 2. The molecule has 4 aromatic rings. The zero-order valence-corrected chi connectivity index (χ0v) is 18.2. The van der Waals surface area contributed by atoms with Gasteiger partial charge in [0.25, 0.3) is 5.91 Å². The van der Waals surface area contributed by atoms with E-state index in [9.17, 15) is 9.90 Å². The molecule has 1 fully saturated rings. The summed E-state index contributed by atoms with van der Waals surface area (Å²) in [5.41, 5.74) is 0.440. The first kappa shape index (κ1) is 20.2. The van der Waals surface area contributed by atoms with E-state index < -0.39 is 5.60 Å². The minimum atomic E-state index is -1.56. The Morgan fingerprint density at radius 2 is 1.91 bits per heavy atom. The zero-order valence-electron chi connectivity index (χ0n) is 17.4. The van der Waals surface area contributed by atoms with Gasteiger partial charge in [-0.3, -0.25) is 9.48 Å². The van der Waals surface area contributed by atoms with Gasteiger partial charge in [-0.15, -0.1) is 11.3 Å². The molecule has 5 heterocycles. The molecule has 1 aliphatic rings. The van der Waals surface area contributed by atoms with E-state index in [-0.39, 0.29) is 5.91 Å². The first-order valence-electron chi connectivity index (χ1n) is 9.94. The van der Waals surface area contributed by atoms with Gasteiger partial charge in [0.2, 0.25) is 5.95 Å². The van der Waals surface area contributed by atoms with Crippen LogP contribution in [0.25, 0.3) is 22.0 Å². The number of amides is 1. The van der Waals surface area contributed by atoms with E-state index in [1.165, 1.54) is 16.2 Å². The minimum Gasteiger partial charge on any atom is -0.373 e. The zero-order chi connectivity index (χ0) is 22.3. The first-order chi connectivity index (χ1) is 15.4. The van der Waals surface area contributed by atoms with Gasteiger partial charge in [-0.2, -0.15) is 5.10 Å². The number of aromatic nitrogens is 6. The fourth-order valence-electron chi connectivity index (χ4n) is 3.51. The van der Waals surface area contributed by atoms with Crippen LogP contribution in [0.3, 0.4) is 0 Å². The van der Waals surface area contributed by atoms with Crippen LogP contribution in [0, 0.1) is 0 Å². The largest absolute Gasteiger partial charge is 0.373 e. The number of rotatable bonds is 5. The van der Waals surface area contributed by atoms with Crippen LogP contribution in [0.4, 0.5) is 11.8 Å². The highest BCUT2D eigenvalue weighted by atomic mass is 32.1. The summed E-state index contributed by atoms with van der Waals surface area (Å²) in [6.07, 6.45) is 5.46. The van der Waals surface area contributed by atoms with Gasteiger partial charge in [-0.25, -0.2) is 19.9 Å². The van der Waals surface area contributed by atoms with Crippen LogP contribution in [0.2, 0.25) is 0 Å². The maximum absolute atomic E-state index is 12.4. The van der Waals surface area contributed by atoms with Crippen LogP contribution in [-0.4, -0.2) is 59.2 Å². The molecule has 162 valence electrons. The van der Waals surface area contributed by atoms with Crippen LogP contribution in [0.1, 0.15) is 11.4 Å². The van der Waals surface area contributed by atoms with Crippen molar-refractivity contribution in [1.82, 2.24) is 34.6 Å². The topological polar surface area (TPSA) is 122 Å². The van der Waals surface area contributed by atoms with Crippen molar-refractivity contribution in [3.63, 3.8) is 0 Å². The lowest BCUT2D eigenvalue weighted by molar-refractivity contribution is -0.143. The second-order valence-corrected chi connectivity index (χ2v) is 8.57. The highest BCUT2D eigenvalue weighted by molar-refractivity contribution is 7.15. The number of carbonyl (C=O) groups excluding carboxylic acids is 1. The number of pyridine rings is 1. The van der Waals surface area contributed by atoms with E-state index in [0.29, 0.717) is 46.8 Å². The van der Waals surface area contributed by atoms with Gasteiger partial charge in [0.1, 0.15) is 5.01 Å². The van der Waals surface area contributed by atoms with E-state index in [1.54, 1.807) is 30.2 Å². The Balaban J connectivity index is 1.42. The van der Waals surface area contributed by atoms with Crippen molar-refractivity contribution in [3.8, 4) is 22.0 Å². The Hall–Kier alpha value is -3.70. The summed E-state index contributed by atoms with van der Waals surface area (Å²) in [6.45, 7) is 0.501. The van der Waals surface area contributed by atoms with Crippen LogP contribution in [0.5, 0.6) is 0 Å². The molecule has 0 spiro atoms. The normalized spacial score (nSPS) is 18.3. The molecule has 0 radical (unpaired) electrons. The predicted molar refractivity (Wildman–Crippen MR) is 119 cm³/mol. The van der Waals surface area contributed by atoms with Crippen molar-refractivity contribution in [2.75, 3.05) is 18.9 Å². The molecule has 11 heteroatoms. The summed E-state index contributed by atoms with van der Waals surface area (Å²) >= 11 is 1.27. The van der Waals surface area contributed by atoms with Gasteiger partial charge >= 0.3 is 0 Å². The second-order valence-electron chi connectivity index (χ2n) is 7.54. The third-order valence-electron chi connectivity index (χ3n) is 5.24. The Morgan fingerprint density at radius 3 is 2.66 bits per heavy atom. The second kappa shape index (κ2) is 7.77. The molecular weight excluding hydrogens is 428 g/mol. The quantitative estimate of drug-likeness (QED) is 0.476. The maximum atomic E-state index is 12.4. The monoisotopic (exact) mass is 448 g/mol. The summed E-state index contributed by atoms with van der Waals surface area (Å²) < 4.78 is 1.69. The number of likely N-dealkylation sites (tertiary alicyclic amines) is 1. The first-order valence-corrected chi connectivity index (χ1v) is 10.8. The Bertz CT molecular complexity index is 1300. The number of likely N-dealkylation sites (N-methyl/N-ethyl adjacent to an activating group) is 1. The molecule has 4 aromatic heterocycles. The molecule has 0 saturated carbocycles. The van der Waals surface area contributed by atoms with Crippen molar-refractivity contribution in [1.29, 1.82) is 0 Å². The van der Waals surface area contributed by atoms with Crippen molar-refractivity contribution < 1.29 is 9.90 Å². The smallest absolute Gasteiger partial charge is 0.261 e. The number of aryl methyl sites for hydroxylation is 1. The van der Waals surface area contributed by atoms with E-state index >= 15 is 0 Å². The fourth-order valence-corrected chi connectivity index (χ4v) is 4.50. The highest BCUT2D eigenvalue weighted by Crippen LogP contribution is 2.37. The van der Waals surface area contributed by atoms with Gasteiger partial charge in [-0.05, 0) is 18.2 Å². The van der Waals surface area contributed by atoms with Crippen molar-refractivity contribution in [2.24, 2.45) is 7.05 Å². The van der Waals surface area contributed by atoms with Gasteiger partial charge in [0.05, 0.1) is 22.0 Å². The number of nitrogens with zero attached hydrogens (tertiary/aromatic N) is 7. The third-order valence-corrected chi connectivity index (χ3v) is 6.41. The molecule has 0 aliphatic carbocycles. The number of thiazole rings is 1. The van der Waals surface area contributed by atoms with E-state index in [4.69, 9.17) is 4.98 Å². The fraction of sp³-hybridized carbons (Fsp3) is 0.238. The van der Waals surface area contributed by atoms with Crippen LogP contribution in [-0.2, 0) is 17.4 Å². The molecule has 0 unspecified atom stereocenters. The molecule has 1 atom stereocenters. The summed E-state index contributed by atoms with van der Waals surface area (Å²) in [5.74, 6) is 0.738. The number of hydrogen-bond acceptors (Lipinski definition) is 9. The van der Waals surface area contributed by atoms with Gasteiger partial charge in [-0.1, -0.05) is 6.07 Å². The SMILES string of the molecule is CN1CC[C@](O)(c2ncc(-c3cccc(-c4ccnc(Nc5ccn(C)n5)n4)n3)s2)C1=O. The minimum absolute atomic E-state index is 0.325. The van der Waals surface area contributed by atoms with Gasteiger partial charge < -0.3 is 15.3 Å². The van der Waals surface area contributed by atoms with Gasteiger partial charge in [0, 0.05) is 51.7 Å². The molecule has 1 aliphatic heterocycles. The Labute approximate surface area is 187 Å². The number of nitrogens with one attached hydrogen (secondary N) is 1. The van der Waals surface area contributed by atoms with Crippen molar-refractivity contribution >= 4 is 29.0 Å². The summed E-state index contributed by atoms with van der Waals surface area (Å²) in [5, 5.41) is 18.6. The molecule has 1 amide bonds. The van der Waals surface area contributed by atoms with Gasteiger partial charge in [0.15, 0.2) is 11.4 Å². The molecule has 0 aromatic carbocycles. The van der Waals surface area contributed by atoms with Crippen LogP contribution < -0.4 is 5.32 Å². The van der Waals surface area contributed by atoms with Crippen LogP contribution >= 0.6 is 11.3 Å². The van der Waals surface area contributed by atoms with E-state index in [1.807, 2.05) is 37.5 Å². The molecule has 32 heavy (non-hydrogen) atoms. The lowest BCUT2D eigenvalue weighted by Crippen LogP contribution is -2.35. The predicted octanol–water partition coefficient (Wildman–Crippen LogP) is 2.19. The summed E-state index contributed by atoms with van der Waals surface area (Å²) in [6, 6.07) is 9.22. The lowest BCUT2D eigenvalue weighted by atomic mass is 10.0. The van der Waals surface area contributed by atoms with Crippen molar-refractivity contribution in [2.45, 2.75) is 12.0 Å². The number of carbonyl (C=O) groups is 1. The number of aliphatic hydroxyl groups is 1. The molecular formula is C21H20N8O2S. The molecule has 2 N–H and O–H groups in total. The third kappa shape index (κ3) is 3.61. The number of hydrogen-bond donors (Lipinski definition) is 2. The maximum Gasteiger partial charge on any atom is 0.261 e. The average molecular weight is 449 g/mol. The standard InChI is InChI=1S/C21H20N8O2S/c1-28-11-8-21(31,19(28)30)18-23-12-16(32-18)15-5-3-4-13(24-15)14-6-9-22-20(25-14)26-17-7-10-29(2)27-17/h3-7,9-10,12,31H,8,11H2,1-2H3,(H,22,25,26,27)/t21-/m0/s1. The van der Waals surface area contributed by atoms with E-state index in [0.717, 1.165) is 4.88 Å². The molecule has 10 nitrogen and oxygen atoms in total. The Kier molecular flexibility index (Phi) is 4.91. The van der Waals surface area contributed by atoms with Crippen LogP contribution in [0.15, 0.2) is 48.9 Å². The lowest BCUT2D eigenvalue weighted by Gasteiger charge is -2.17. The molecule has 5 rings (SSSR count).